The highest BCUT2D eigenvalue weighted by molar-refractivity contribution is 6.32. The van der Waals surface area contributed by atoms with Crippen LogP contribution in [0.2, 0.25) is 5.02 Å². The molecule has 0 fully saturated rings. The van der Waals surface area contributed by atoms with Gasteiger partial charge in [0.2, 0.25) is 5.91 Å². The Kier molecular flexibility index (Phi) is 10.3. The molecule has 0 unspecified atom stereocenters. The Morgan fingerprint density at radius 1 is 1.06 bits per heavy atom. The number of carbonyl (C=O) groups excluding carboxylic acids is 1. The monoisotopic (exact) mass is 663 g/mol. The summed E-state index contributed by atoms with van der Waals surface area (Å²) in [5.74, 6) is -2.54. The van der Waals surface area contributed by atoms with Gasteiger partial charge in [-0.05, 0) is 64.9 Å². The van der Waals surface area contributed by atoms with E-state index in [1.165, 1.54) is 18.2 Å². The molecule has 0 aliphatic heterocycles. The molecule has 1 aliphatic carbocycles. The molecule has 5 rings (SSSR count). The predicted octanol–water partition coefficient (Wildman–Crippen LogP) is 5.40. The maximum Gasteiger partial charge on any atom is 0.323 e. The zero-order valence-corrected chi connectivity index (χ0v) is 25.7. The number of rotatable bonds is 14. The van der Waals surface area contributed by atoms with Crippen molar-refractivity contribution in [3.8, 4) is 28.4 Å². The van der Waals surface area contributed by atoms with Crippen LogP contribution in [0.25, 0.3) is 11.1 Å². The molecule has 244 valence electrons. The second kappa shape index (κ2) is 14.6. The number of fused-ring (bicyclic) bond motifs is 1. The SMILES string of the molecule is NC(=O)c1cc(CN=O)cc(COc2cc(O[C@H]3CCc4c(-c5cccc(O)c5F)cccc43)c(Cl)cc2CN[C@@H](CO)C(=O)O)c1. The number of nitroso groups, excluding NO2 is 1. The van der Waals surface area contributed by atoms with Gasteiger partial charge in [0.25, 0.3) is 0 Å². The van der Waals surface area contributed by atoms with Crippen LogP contribution < -0.4 is 20.5 Å². The van der Waals surface area contributed by atoms with Crippen LogP contribution >= 0.6 is 11.6 Å². The van der Waals surface area contributed by atoms with Gasteiger partial charge in [0.1, 0.15) is 36.8 Å². The highest BCUT2D eigenvalue weighted by Gasteiger charge is 2.29. The molecule has 0 aromatic heterocycles. The molecule has 1 amide bonds. The van der Waals surface area contributed by atoms with Crippen molar-refractivity contribution in [3.05, 3.63) is 116 Å². The summed E-state index contributed by atoms with van der Waals surface area (Å²) in [4.78, 5) is 34.2. The summed E-state index contributed by atoms with van der Waals surface area (Å²) in [7, 11) is 0. The number of carboxylic acids is 1. The first-order valence-electron chi connectivity index (χ1n) is 14.6. The van der Waals surface area contributed by atoms with Crippen LogP contribution in [0.5, 0.6) is 17.2 Å². The van der Waals surface area contributed by atoms with Crippen molar-refractivity contribution in [1.82, 2.24) is 5.32 Å². The van der Waals surface area contributed by atoms with E-state index in [1.54, 1.807) is 42.5 Å². The van der Waals surface area contributed by atoms with Gasteiger partial charge in [0.05, 0.1) is 11.6 Å². The Bertz CT molecular complexity index is 1840. The number of hydrogen-bond acceptors (Lipinski definition) is 9. The first-order chi connectivity index (χ1) is 22.6. The van der Waals surface area contributed by atoms with Crippen molar-refractivity contribution in [2.75, 3.05) is 6.61 Å². The van der Waals surface area contributed by atoms with Crippen molar-refractivity contribution >= 4 is 23.5 Å². The van der Waals surface area contributed by atoms with E-state index < -0.39 is 42.2 Å². The third kappa shape index (κ3) is 7.51. The van der Waals surface area contributed by atoms with Crippen molar-refractivity contribution in [3.63, 3.8) is 0 Å². The van der Waals surface area contributed by atoms with Crippen LogP contribution in [0.4, 0.5) is 4.39 Å². The van der Waals surface area contributed by atoms with Gasteiger partial charge in [-0.25, -0.2) is 4.39 Å². The third-order valence-electron chi connectivity index (χ3n) is 7.87. The summed E-state index contributed by atoms with van der Waals surface area (Å²) in [6.45, 7) is -0.944. The third-order valence-corrected chi connectivity index (χ3v) is 8.16. The summed E-state index contributed by atoms with van der Waals surface area (Å²) in [6.07, 6.45) is 0.698. The number of hydrogen-bond donors (Lipinski definition) is 5. The highest BCUT2D eigenvalue weighted by atomic mass is 35.5. The molecular weight excluding hydrogens is 633 g/mol. The fraction of sp³-hybridized carbons (Fsp3) is 0.235. The van der Waals surface area contributed by atoms with E-state index in [1.807, 2.05) is 6.07 Å². The van der Waals surface area contributed by atoms with Crippen LogP contribution in [0, 0.1) is 10.7 Å². The molecule has 4 aromatic carbocycles. The lowest BCUT2D eigenvalue weighted by molar-refractivity contribution is -0.140. The minimum Gasteiger partial charge on any atom is -0.505 e. The molecule has 0 spiro atoms. The smallest absolute Gasteiger partial charge is 0.323 e. The first-order valence-corrected chi connectivity index (χ1v) is 15.0. The van der Waals surface area contributed by atoms with Gasteiger partial charge in [0.15, 0.2) is 11.6 Å². The van der Waals surface area contributed by atoms with Gasteiger partial charge in [-0.3, -0.25) is 14.9 Å². The molecule has 0 heterocycles. The summed E-state index contributed by atoms with van der Waals surface area (Å²) in [5.41, 5.74) is 9.72. The average Bonchev–Trinajstić information content (AvgIpc) is 3.46. The molecule has 4 aromatic rings. The van der Waals surface area contributed by atoms with Gasteiger partial charge in [-0.2, -0.15) is 4.91 Å². The number of aliphatic hydroxyl groups excluding tert-OH is 1. The minimum atomic E-state index is -1.25. The lowest BCUT2D eigenvalue weighted by Crippen LogP contribution is -2.39. The fourth-order valence-corrected chi connectivity index (χ4v) is 5.82. The number of ether oxygens (including phenoxy) is 2. The Hall–Kier alpha value is -5.04. The second-order valence-electron chi connectivity index (χ2n) is 11.0. The molecule has 47 heavy (non-hydrogen) atoms. The van der Waals surface area contributed by atoms with Crippen LogP contribution in [-0.4, -0.2) is 39.8 Å². The maximum absolute atomic E-state index is 14.8. The second-order valence-corrected chi connectivity index (χ2v) is 11.4. The number of phenols is 1. The molecule has 0 bridgehead atoms. The minimum absolute atomic E-state index is 0.0421. The number of aromatic hydroxyl groups is 1. The molecule has 0 saturated heterocycles. The Morgan fingerprint density at radius 2 is 1.81 bits per heavy atom. The topological polar surface area (TPSA) is 181 Å². The van der Waals surface area contributed by atoms with E-state index in [4.69, 9.17) is 26.8 Å². The van der Waals surface area contributed by atoms with Gasteiger partial charge in [0, 0.05) is 29.3 Å². The number of nitrogens with zero attached hydrogens (tertiary/aromatic N) is 1. The van der Waals surface area contributed by atoms with E-state index in [-0.39, 0.29) is 47.3 Å². The number of carboxylic acid groups (broad SMARTS) is 1. The predicted molar refractivity (Wildman–Crippen MR) is 171 cm³/mol. The number of aliphatic hydroxyl groups is 1. The van der Waals surface area contributed by atoms with Crippen LogP contribution in [0.15, 0.2) is 71.9 Å². The van der Waals surface area contributed by atoms with E-state index in [0.717, 1.165) is 11.1 Å². The van der Waals surface area contributed by atoms with Crippen LogP contribution in [-0.2, 0) is 30.9 Å². The molecule has 0 radical (unpaired) electrons. The summed E-state index contributed by atoms with van der Waals surface area (Å²) in [5, 5.41) is 34.6. The molecule has 1 aliphatic rings. The molecule has 13 heteroatoms. The molecule has 11 nitrogen and oxygen atoms in total. The number of nitrogens with two attached hydrogens (primary N) is 1. The number of carbonyl (C=O) groups is 2. The summed E-state index contributed by atoms with van der Waals surface area (Å²) in [6, 6.07) is 16.5. The van der Waals surface area contributed by atoms with E-state index >= 15 is 0 Å². The zero-order chi connectivity index (χ0) is 33.7. The molecule has 0 saturated carbocycles. The van der Waals surface area contributed by atoms with Crippen LogP contribution in [0.1, 0.15) is 50.7 Å². The normalized spacial score (nSPS) is 14.3. The quantitative estimate of drug-likeness (QED) is 0.110. The lowest BCUT2D eigenvalue weighted by atomic mass is 9.96. The molecule has 2 atom stereocenters. The van der Waals surface area contributed by atoms with E-state index in [2.05, 4.69) is 10.5 Å². The van der Waals surface area contributed by atoms with Crippen molar-refractivity contribution < 1.29 is 38.8 Å². The first kappa shape index (κ1) is 33.3. The largest absolute Gasteiger partial charge is 0.505 e. The summed E-state index contributed by atoms with van der Waals surface area (Å²) < 4.78 is 27.4. The number of benzene rings is 4. The Morgan fingerprint density at radius 3 is 2.53 bits per heavy atom. The van der Waals surface area contributed by atoms with Crippen LogP contribution in [0.3, 0.4) is 0 Å². The van der Waals surface area contributed by atoms with Gasteiger partial charge in [-0.1, -0.05) is 53.2 Å². The number of aliphatic carboxylic acids is 1. The zero-order valence-electron chi connectivity index (χ0n) is 24.9. The average molecular weight is 664 g/mol. The highest BCUT2D eigenvalue weighted by Crippen LogP contribution is 2.43. The number of phenolic OH excluding ortho intramolecular Hbond substituents is 1. The fourth-order valence-electron chi connectivity index (χ4n) is 5.59. The summed E-state index contributed by atoms with van der Waals surface area (Å²) >= 11 is 6.67. The van der Waals surface area contributed by atoms with Gasteiger partial charge in [-0.15, -0.1) is 0 Å². The van der Waals surface area contributed by atoms with Crippen molar-refractivity contribution in [2.24, 2.45) is 10.9 Å². The number of amides is 1. The molecular formula is C34H31ClFN3O8. The Labute approximate surface area is 273 Å². The number of primary amides is 1. The molecule has 6 N–H and O–H groups in total. The van der Waals surface area contributed by atoms with Crippen molar-refractivity contribution in [2.45, 2.75) is 44.7 Å². The van der Waals surface area contributed by atoms with Crippen molar-refractivity contribution in [1.29, 1.82) is 0 Å². The number of nitrogens with one attached hydrogen (secondary N) is 1. The lowest BCUT2D eigenvalue weighted by Gasteiger charge is -2.20. The van der Waals surface area contributed by atoms with Gasteiger partial charge < -0.3 is 30.5 Å². The van der Waals surface area contributed by atoms with E-state index in [9.17, 15) is 34.2 Å². The maximum atomic E-state index is 14.8. The Balaban J connectivity index is 1.46. The number of halogens is 2. The van der Waals surface area contributed by atoms with Gasteiger partial charge >= 0.3 is 5.97 Å². The van der Waals surface area contributed by atoms with E-state index in [0.29, 0.717) is 35.1 Å². The standard InChI is InChI=1S/C34H31ClFN3O8/c35-26-12-21(15-38-27(16-40)34(43)44)30(46-17-19-9-18(14-39-45)10-20(11-19)33(37)42)13-31(26)47-29-8-7-23-22(3-1-4-24(23)29)25-5-2-6-28(41)32(25)36/h1-6,9-13,27,29,38,40-41H,7-8,14-17H2,(H2,37,42)(H,43,44)/t27-,29-/m0/s1.